The number of ether oxygens (including phenoxy) is 1. The standard InChI is InChI=1S/C13H17NO4S/c1-2-8-3-4-9(19-8)7-14-12(15)10-5-6-11(18-10)13(16)17/h3-4,10-11H,2,5-7H2,1H3,(H,14,15)(H,16,17). The van der Waals surface area contributed by atoms with Crippen LogP contribution in [0.25, 0.3) is 0 Å². The number of carboxylic acid groups (broad SMARTS) is 1. The third kappa shape index (κ3) is 3.54. The van der Waals surface area contributed by atoms with Crippen LogP contribution < -0.4 is 5.32 Å². The Bertz CT molecular complexity index is 471. The molecule has 104 valence electrons. The molecule has 5 nitrogen and oxygen atoms in total. The summed E-state index contributed by atoms with van der Waals surface area (Å²) in [7, 11) is 0. The van der Waals surface area contributed by atoms with E-state index < -0.39 is 18.2 Å². The summed E-state index contributed by atoms with van der Waals surface area (Å²) in [6.45, 7) is 2.56. The number of nitrogens with one attached hydrogen (secondary N) is 1. The topological polar surface area (TPSA) is 75.6 Å². The number of rotatable bonds is 5. The number of carboxylic acids is 1. The number of hydrogen-bond donors (Lipinski definition) is 2. The summed E-state index contributed by atoms with van der Waals surface area (Å²) in [5, 5.41) is 11.6. The number of hydrogen-bond acceptors (Lipinski definition) is 4. The zero-order chi connectivity index (χ0) is 13.8. The van der Waals surface area contributed by atoms with Gasteiger partial charge in [-0.25, -0.2) is 4.79 Å². The molecule has 0 aliphatic carbocycles. The van der Waals surface area contributed by atoms with E-state index in [2.05, 4.69) is 18.3 Å². The van der Waals surface area contributed by atoms with E-state index in [1.54, 1.807) is 11.3 Å². The second-order valence-electron chi connectivity index (χ2n) is 4.47. The predicted octanol–water partition coefficient (Wildman–Crippen LogP) is 1.56. The normalized spacial score (nSPS) is 22.4. The van der Waals surface area contributed by atoms with Gasteiger partial charge in [0.2, 0.25) is 5.91 Å². The van der Waals surface area contributed by atoms with E-state index in [-0.39, 0.29) is 5.91 Å². The largest absolute Gasteiger partial charge is 0.479 e. The maximum Gasteiger partial charge on any atom is 0.332 e. The predicted molar refractivity (Wildman–Crippen MR) is 71.1 cm³/mol. The molecule has 0 bridgehead atoms. The molecule has 0 aromatic carbocycles. The molecule has 2 N–H and O–H groups in total. The van der Waals surface area contributed by atoms with E-state index >= 15 is 0 Å². The van der Waals surface area contributed by atoms with E-state index in [1.807, 2.05) is 6.07 Å². The van der Waals surface area contributed by atoms with Crippen LogP contribution in [0.3, 0.4) is 0 Å². The number of aliphatic carboxylic acids is 1. The van der Waals surface area contributed by atoms with Crippen molar-refractivity contribution in [1.82, 2.24) is 5.32 Å². The molecular formula is C13H17NO4S. The molecule has 2 unspecified atom stereocenters. The maximum absolute atomic E-state index is 11.8. The highest BCUT2D eigenvalue weighted by atomic mass is 32.1. The molecule has 1 aromatic heterocycles. The van der Waals surface area contributed by atoms with Gasteiger partial charge in [-0.2, -0.15) is 0 Å². The van der Waals surface area contributed by atoms with Gasteiger partial charge in [0.05, 0.1) is 6.54 Å². The highest BCUT2D eigenvalue weighted by molar-refractivity contribution is 7.11. The van der Waals surface area contributed by atoms with Gasteiger partial charge in [-0.05, 0) is 31.4 Å². The quantitative estimate of drug-likeness (QED) is 0.860. The first kappa shape index (κ1) is 14.0. The van der Waals surface area contributed by atoms with Crippen LogP contribution in [0.2, 0.25) is 0 Å². The van der Waals surface area contributed by atoms with Crippen molar-refractivity contribution in [3.8, 4) is 0 Å². The average Bonchev–Trinajstić information content (AvgIpc) is 3.04. The second kappa shape index (κ2) is 6.16. The van der Waals surface area contributed by atoms with Crippen LogP contribution in [0.1, 0.15) is 29.5 Å². The minimum Gasteiger partial charge on any atom is -0.479 e. The van der Waals surface area contributed by atoms with Crippen molar-refractivity contribution in [3.05, 3.63) is 21.9 Å². The Morgan fingerprint density at radius 1 is 1.37 bits per heavy atom. The fraction of sp³-hybridized carbons (Fsp3) is 0.538. The Kier molecular flexibility index (Phi) is 4.55. The zero-order valence-electron chi connectivity index (χ0n) is 10.7. The number of carbonyl (C=O) groups is 2. The van der Waals surface area contributed by atoms with Crippen molar-refractivity contribution in [2.24, 2.45) is 0 Å². The SMILES string of the molecule is CCc1ccc(CNC(=O)C2CCC(C(=O)O)O2)s1. The Balaban J connectivity index is 1.80. The lowest BCUT2D eigenvalue weighted by Crippen LogP contribution is -2.35. The van der Waals surface area contributed by atoms with E-state index in [4.69, 9.17) is 9.84 Å². The van der Waals surface area contributed by atoms with Gasteiger partial charge in [-0.15, -0.1) is 11.3 Å². The van der Waals surface area contributed by atoms with Crippen LogP contribution in [-0.4, -0.2) is 29.2 Å². The van der Waals surface area contributed by atoms with Crippen molar-refractivity contribution in [1.29, 1.82) is 0 Å². The van der Waals surface area contributed by atoms with E-state index in [0.29, 0.717) is 19.4 Å². The molecule has 1 fully saturated rings. The molecule has 1 amide bonds. The Morgan fingerprint density at radius 3 is 2.63 bits per heavy atom. The van der Waals surface area contributed by atoms with E-state index in [0.717, 1.165) is 11.3 Å². The van der Waals surface area contributed by atoms with E-state index in [9.17, 15) is 9.59 Å². The average molecular weight is 283 g/mol. The molecule has 1 saturated heterocycles. The molecule has 2 rings (SSSR count). The lowest BCUT2D eigenvalue weighted by atomic mass is 10.2. The highest BCUT2D eigenvalue weighted by Gasteiger charge is 2.34. The van der Waals surface area contributed by atoms with Crippen molar-refractivity contribution in [2.75, 3.05) is 0 Å². The fourth-order valence-electron chi connectivity index (χ4n) is 2.01. The minimum atomic E-state index is -0.999. The van der Waals surface area contributed by atoms with Crippen LogP contribution in [0, 0.1) is 0 Å². The van der Waals surface area contributed by atoms with Crippen LogP contribution >= 0.6 is 11.3 Å². The van der Waals surface area contributed by atoms with Crippen LogP contribution in [0.5, 0.6) is 0 Å². The van der Waals surface area contributed by atoms with Crippen LogP contribution in [-0.2, 0) is 27.3 Å². The molecule has 0 spiro atoms. The molecule has 1 aromatic rings. The summed E-state index contributed by atoms with van der Waals surface area (Å²) in [6.07, 6.45) is 0.376. The highest BCUT2D eigenvalue weighted by Crippen LogP contribution is 2.21. The first-order valence-corrected chi connectivity index (χ1v) is 7.15. The van der Waals surface area contributed by atoms with Crippen LogP contribution in [0.15, 0.2) is 12.1 Å². The molecule has 1 aliphatic heterocycles. The summed E-state index contributed by atoms with van der Waals surface area (Å²) < 4.78 is 5.19. The number of thiophene rings is 1. The van der Waals surface area contributed by atoms with Crippen molar-refractivity contribution >= 4 is 23.2 Å². The van der Waals surface area contributed by atoms with Gasteiger partial charge in [0.15, 0.2) is 6.10 Å². The number of carbonyl (C=O) groups excluding carboxylic acids is 1. The molecule has 6 heteroatoms. The lowest BCUT2D eigenvalue weighted by Gasteiger charge is -2.11. The summed E-state index contributed by atoms with van der Waals surface area (Å²) in [4.78, 5) is 24.9. The minimum absolute atomic E-state index is 0.227. The first-order chi connectivity index (χ1) is 9.10. The second-order valence-corrected chi connectivity index (χ2v) is 5.72. The van der Waals surface area contributed by atoms with Gasteiger partial charge >= 0.3 is 5.97 Å². The summed E-state index contributed by atoms with van der Waals surface area (Å²) in [5.74, 6) is -1.23. The Labute approximate surface area is 115 Å². The van der Waals surface area contributed by atoms with Gasteiger partial charge in [0.1, 0.15) is 6.10 Å². The number of amides is 1. The first-order valence-electron chi connectivity index (χ1n) is 6.33. The number of aryl methyl sites for hydroxylation is 1. The van der Waals surface area contributed by atoms with Gasteiger partial charge < -0.3 is 15.2 Å². The fourth-order valence-corrected chi connectivity index (χ4v) is 2.90. The third-order valence-corrected chi connectivity index (χ3v) is 4.32. The molecule has 1 aliphatic rings. The van der Waals surface area contributed by atoms with E-state index in [1.165, 1.54) is 4.88 Å². The summed E-state index contributed by atoms with van der Waals surface area (Å²) in [5.41, 5.74) is 0. The monoisotopic (exact) mass is 283 g/mol. The van der Waals surface area contributed by atoms with Crippen LogP contribution in [0.4, 0.5) is 0 Å². The maximum atomic E-state index is 11.8. The van der Waals surface area contributed by atoms with Crippen molar-refractivity contribution in [3.63, 3.8) is 0 Å². The summed E-state index contributed by atoms with van der Waals surface area (Å²) in [6, 6.07) is 4.05. The molecule has 0 radical (unpaired) electrons. The van der Waals surface area contributed by atoms with Crippen molar-refractivity contribution in [2.45, 2.75) is 44.9 Å². The van der Waals surface area contributed by atoms with Gasteiger partial charge in [0, 0.05) is 9.75 Å². The summed E-state index contributed by atoms with van der Waals surface area (Å²) >= 11 is 1.67. The zero-order valence-corrected chi connectivity index (χ0v) is 11.5. The smallest absolute Gasteiger partial charge is 0.332 e. The Hall–Kier alpha value is -1.40. The third-order valence-electron chi connectivity index (χ3n) is 3.09. The van der Waals surface area contributed by atoms with Gasteiger partial charge in [-0.3, -0.25) is 4.79 Å². The lowest BCUT2D eigenvalue weighted by molar-refractivity contribution is -0.151. The van der Waals surface area contributed by atoms with Gasteiger partial charge in [0.25, 0.3) is 0 Å². The molecule has 2 atom stereocenters. The molecular weight excluding hydrogens is 266 g/mol. The van der Waals surface area contributed by atoms with Crippen molar-refractivity contribution < 1.29 is 19.4 Å². The molecule has 2 heterocycles. The molecule has 0 saturated carbocycles. The van der Waals surface area contributed by atoms with Gasteiger partial charge in [-0.1, -0.05) is 6.92 Å². The molecule has 19 heavy (non-hydrogen) atoms. The Morgan fingerprint density at radius 2 is 2.05 bits per heavy atom.